The fourth-order valence-electron chi connectivity index (χ4n) is 2.58. The van der Waals surface area contributed by atoms with Gasteiger partial charge in [-0.05, 0) is 37.9 Å². The molecule has 6 nitrogen and oxygen atoms in total. The van der Waals surface area contributed by atoms with Crippen LogP contribution in [0.2, 0.25) is 0 Å². The summed E-state index contributed by atoms with van der Waals surface area (Å²) >= 11 is 5.24. The summed E-state index contributed by atoms with van der Waals surface area (Å²) in [5, 5.41) is 6.62. The first-order chi connectivity index (χ1) is 10.6. The second-order valence-electron chi connectivity index (χ2n) is 5.76. The van der Waals surface area contributed by atoms with Gasteiger partial charge in [0.2, 0.25) is 5.95 Å². The highest BCUT2D eigenvalue weighted by Gasteiger charge is 2.18. The molecule has 0 bridgehead atoms. The van der Waals surface area contributed by atoms with Crippen LogP contribution in [-0.2, 0) is 4.74 Å². The number of nitrogens with one attached hydrogen (secondary N) is 2. The van der Waals surface area contributed by atoms with Gasteiger partial charge in [-0.1, -0.05) is 6.92 Å². The predicted molar refractivity (Wildman–Crippen MR) is 93.5 cm³/mol. The molecule has 1 aromatic rings. The lowest BCUT2D eigenvalue weighted by Crippen LogP contribution is -2.35. The largest absolute Gasteiger partial charge is 0.383 e. The zero-order valence-corrected chi connectivity index (χ0v) is 14.4. The zero-order chi connectivity index (χ0) is 15.9. The van der Waals surface area contributed by atoms with Crippen molar-refractivity contribution in [3.05, 3.63) is 11.8 Å². The second kappa shape index (κ2) is 8.24. The van der Waals surface area contributed by atoms with Crippen molar-refractivity contribution in [1.29, 1.82) is 0 Å². The molecule has 0 saturated carbocycles. The summed E-state index contributed by atoms with van der Waals surface area (Å²) in [6.07, 6.45) is 2.50. The number of anilines is 2. The molecule has 22 heavy (non-hydrogen) atoms. The van der Waals surface area contributed by atoms with E-state index in [1.807, 2.05) is 13.0 Å². The van der Waals surface area contributed by atoms with Gasteiger partial charge < -0.3 is 20.3 Å². The highest BCUT2D eigenvalue weighted by molar-refractivity contribution is 7.80. The van der Waals surface area contributed by atoms with E-state index in [1.165, 1.54) is 12.8 Å². The summed E-state index contributed by atoms with van der Waals surface area (Å²) in [7, 11) is 1.66. The Morgan fingerprint density at radius 1 is 1.50 bits per heavy atom. The molecular weight excluding hydrogens is 298 g/mol. The van der Waals surface area contributed by atoms with Crippen molar-refractivity contribution in [2.75, 3.05) is 43.6 Å². The van der Waals surface area contributed by atoms with E-state index in [0.29, 0.717) is 30.1 Å². The Morgan fingerprint density at radius 3 is 3.05 bits per heavy atom. The number of ether oxygens (including phenoxy) is 1. The summed E-state index contributed by atoms with van der Waals surface area (Å²) in [6, 6.07) is 2.03. The van der Waals surface area contributed by atoms with Crippen LogP contribution in [0.25, 0.3) is 0 Å². The van der Waals surface area contributed by atoms with Crippen LogP contribution in [0.3, 0.4) is 0 Å². The Labute approximate surface area is 137 Å². The quantitative estimate of drug-likeness (QED) is 0.634. The molecule has 122 valence electrons. The van der Waals surface area contributed by atoms with Crippen molar-refractivity contribution in [3.63, 3.8) is 0 Å². The predicted octanol–water partition coefficient (Wildman–Crippen LogP) is 1.95. The first-order valence-electron chi connectivity index (χ1n) is 7.73. The van der Waals surface area contributed by atoms with E-state index in [0.717, 1.165) is 24.6 Å². The molecule has 0 amide bonds. The van der Waals surface area contributed by atoms with Gasteiger partial charge in [0.15, 0.2) is 5.11 Å². The number of aryl methyl sites for hydroxylation is 1. The maximum absolute atomic E-state index is 5.24. The van der Waals surface area contributed by atoms with E-state index in [9.17, 15) is 0 Å². The number of aromatic nitrogens is 2. The van der Waals surface area contributed by atoms with Crippen molar-refractivity contribution in [1.82, 2.24) is 15.3 Å². The van der Waals surface area contributed by atoms with E-state index < -0.39 is 0 Å². The number of rotatable bonds is 5. The minimum Gasteiger partial charge on any atom is -0.383 e. The Kier molecular flexibility index (Phi) is 6.33. The second-order valence-corrected chi connectivity index (χ2v) is 6.17. The van der Waals surface area contributed by atoms with Gasteiger partial charge in [0.05, 0.1) is 6.61 Å². The van der Waals surface area contributed by atoms with Crippen LogP contribution in [-0.4, -0.2) is 48.4 Å². The molecule has 1 fully saturated rings. The first kappa shape index (κ1) is 16.9. The molecule has 1 aliphatic rings. The van der Waals surface area contributed by atoms with E-state index in [-0.39, 0.29) is 0 Å². The van der Waals surface area contributed by atoms with Gasteiger partial charge >= 0.3 is 0 Å². The van der Waals surface area contributed by atoms with Crippen LogP contribution in [0.1, 0.15) is 25.5 Å². The minimum absolute atomic E-state index is 0.514. The van der Waals surface area contributed by atoms with Gasteiger partial charge in [-0.3, -0.25) is 0 Å². The van der Waals surface area contributed by atoms with E-state index >= 15 is 0 Å². The molecular formula is C15H25N5OS. The van der Waals surface area contributed by atoms with Crippen LogP contribution < -0.4 is 15.5 Å². The standard InChI is InChI=1S/C15H25N5OS/c1-11-5-4-7-20(10-11)13-9-12(2)17-14(18-13)19-15(22)16-6-8-21-3/h9,11H,4-8,10H2,1-3H3,(H2,16,17,18,19,22)/t11-/m0/s1. The monoisotopic (exact) mass is 323 g/mol. The highest BCUT2D eigenvalue weighted by atomic mass is 32.1. The van der Waals surface area contributed by atoms with Gasteiger partial charge in [0.25, 0.3) is 0 Å². The number of nitrogens with zero attached hydrogens (tertiary/aromatic N) is 3. The summed E-state index contributed by atoms with van der Waals surface area (Å²) in [5.74, 6) is 2.22. The third-order valence-electron chi connectivity index (χ3n) is 3.64. The Bertz CT molecular complexity index is 511. The molecule has 0 aromatic carbocycles. The van der Waals surface area contributed by atoms with Crippen molar-refractivity contribution in [2.24, 2.45) is 5.92 Å². The van der Waals surface area contributed by atoms with E-state index in [4.69, 9.17) is 17.0 Å². The molecule has 0 aliphatic carbocycles. The van der Waals surface area contributed by atoms with Gasteiger partial charge in [0, 0.05) is 38.5 Å². The Balaban J connectivity index is 2.01. The van der Waals surface area contributed by atoms with Gasteiger partial charge in [-0.15, -0.1) is 0 Å². The fraction of sp³-hybridized carbons (Fsp3) is 0.667. The molecule has 1 atom stereocenters. The molecule has 1 saturated heterocycles. The van der Waals surface area contributed by atoms with Crippen LogP contribution >= 0.6 is 12.2 Å². The lowest BCUT2D eigenvalue weighted by atomic mass is 10.0. The summed E-state index contributed by atoms with van der Waals surface area (Å²) in [4.78, 5) is 11.3. The summed E-state index contributed by atoms with van der Waals surface area (Å²) in [6.45, 7) is 7.63. The SMILES string of the molecule is COCCNC(=S)Nc1nc(C)cc(N2CCC[C@H](C)C2)n1. The molecule has 0 unspecified atom stereocenters. The number of methoxy groups -OCH3 is 1. The molecule has 2 heterocycles. The lowest BCUT2D eigenvalue weighted by molar-refractivity contribution is 0.204. The normalized spacial score (nSPS) is 18.1. The minimum atomic E-state index is 0.514. The van der Waals surface area contributed by atoms with Crippen molar-refractivity contribution < 1.29 is 4.74 Å². The Morgan fingerprint density at radius 2 is 2.32 bits per heavy atom. The molecule has 2 N–H and O–H groups in total. The Hall–Kier alpha value is -1.47. The van der Waals surface area contributed by atoms with E-state index in [2.05, 4.69) is 32.4 Å². The van der Waals surface area contributed by atoms with Crippen LogP contribution in [0.5, 0.6) is 0 Å². The molecule has 1 aromatic heterocycles. The molecule has 0 radical (unpaired) electrons. The number of hydrogen-bond donors (Lipinski definition) is 2. The van der Waals surface area contributed by atoms with Crippen molar-refractivity contribution in [3.8, 4) is 0 Å². The van der Waals surface area contributed by atoms with Gasteiger partial charge in [-0.25, -0.2) is 4.98 Å². The fourth-order valence-corrected chi connectivity index (χ4v) is 2.77. The van der Waals surface area contributed by atoms with Crippen LogP contribution in [0.15, 0.2) is 6.07 Å². The van der Waals surface area contributed by atoms with Gasteiger partial charge in [-0.2, -0.15) is 4.98 Å². The average Bonchev–Trinajstić information content (AvgIpc) is 2.47. The maximum atomic E-state index is 5.24. The number of hydrogen-bond acceptors (Lipinski definition) is 5. The molecule has 1 aliphatic heterocycles. The summed E-state index contributed by atoms with van der Waals surface area (Å²) < 4.78 is 4.98. The van der Waals surface area contributed by atoms with Crippen LogP contribution in [0, 0.1) is 12.8 Å². The molecule has 0 spiro atoms. The highest BCUT2D eigenvalue weighted by Crippen LogP contribution is 2.22. The van der Waals surface area contributed by atoms with Crippen molar-refractivity contribution in [2.45, 2.75) is 26.7 Å². The van der Waals surface area contributed by atoms with E-state index in [1.54, 1.807) is 7.11 Å². The number of thiocarbonyl (C=S) groups is 1. The molecule has 2 rings (SSSR count). The zero-order valence-electron chi connectivity index (χ0n) is 13.6. The summed E-state index contributed by atoms with van der Waals surface area (Å²) in [5.41, 5.74) is 0.936. The third-order valence-corrected chi connectivity index (χ3v) is 3.89. The maximum Gasteiger partial charge on any atom is 0.231 e. The third kappa shape index (κ3) is 5.06. The molecule has 7 heteroatoms. The van der Waals surface area contributed by atoms with Crippen molar-refractivity contribution >= 4 is 29.1 Å². The smallest absolute Gasteiger partial charge is 0.231 e. The van der Waals surface area contributed by atoms with Crippen LogP contribution in [0.4, 0.5) is 11.8 Å². The topological polar surface area (TPSA) is 62.3 Å². The lowest BCUT2D eigenvalue weighted by Gasteiger charge is -2.32. The van der Waals surface area contributed by atoms with Gasteiger partial charge in [0.1, 0.15) is 5.82 Å². The average molecular weight is 323 g/mol. The first-order valence-corrected chi connectivity index (χ1v) is 8.13. The number of piperidine rings is 1.